The Balaban J connectivity index is 2.64. The van der Waals surface area contributed by atoms with Crippen molar-refractivity contribution in [2.45, 2.75) is 24.8 Å². The number of aliphatic carboxylic acids is 1. The van der Waals surface area contributed by atoms with Gasteiger partial charge in [-0.3, -0.25) is 9.59 Å². The zero-order valence-electron chi connectivity index (χ0n) is 11.1. The van der Waals surface area contributed by atoms with Crippen LogP contribution >= 0.6 is 11.8 Å². The Labute approximate surface area is 119 Å². The van der Waals surface area contributed by atoms with E-state index in [2.05, 4.69) is 0 Å². The monoisotopic (exact) mass is 303 g/mol. The largest absolute Gasteiger partial charge is 0.480 e. The van der Waals surface area contributed by atoms with E-state index in [4.69, 9.17) is 5.11 Å². The second kappa shape index (κ2) is 7.23. The van der Waals surface area contributed by atoms with Crippen molar-refractivity contribution in [1.82, 2.24) is 4.90 Å². The molecule has 0 heterocycles. The summed E-state index contributed by atoms with van der Waals surface area (Å²) in [6, 6.07) is 3.11. The molecule has 0 spiro atoms. The highest BCUT2D eigenvalue weighted by molar-refractivity contribution is 8.00. The van der Waals surface area contributed by atoms with Crippen LogP contribution in [0.15, 0.2) is 23.1 Å². The zero-order valence-corrected chi connectivity index (χ0v) is 11.9. The molecule has 1 N–H and O–H groups in total. The highest BCUT2D eigenvalue weighted by Gasteiger charge is 2.19. The van der Waals surface area contributed by atoms with Crippen molar-refractivity contribution >= 4 is 23.6 Å². The minimum atomic E-state index is -1.09. The van der Waals surface area contributed by atoms with Crippen LogP contribution in [0.25, 0.3) is 0 Å². The van der Waals surface area contributed by atoms with Gasteiger partial charge in [0.05, 0.1) is 5.75 Å². The van der Waals surface area contributed by atoms with E-state index in [1.807, 2.05) is 0 Å². The molecule has 20 heavy (non-hydrogen) atoms. The Bertz CT molecular complexity index is 508. The molecule has 1 rings (SSSR count). The van der Waals surface area contributed by atoms with Crippen molar-refractivity contribution in [1.29, 1.82) is 0 Å². The minimum Gasteiger partial charge on any atom is -0.480 e. The van der Waals surface area contributed by atoms with Gasteiger partial charge in [0.2, 0.25) is 5.91 Å². The highest BCUT2D eigenvalue weighted by Crippen LogP contribution is 2.21. The van der Waals surface area contributed by atoms with Crippen LogP contribution in [0.2, 0.25) is 0 Å². The molecule has 0 aliphatic heterocycles. The molecule has 4 nitrogen and oxygen atoms in total. The number of hydrogen-bond acceptors (Lipinski definition) is 3. The Morgan fingerprint density at radius 3 is 2.45 bits per heavy atom. The van der Waals surface area contributed by atoms with Gasteiger partial charge in [-0.1, -0.05) is 0 Å². The van der Waals surface area contributed by atoms with Crippen LogP contribution in [0, 0.1) is 11.6 Å². The van der Waals surface area contributed by atoms with E-state index in [1.54, 1.807) is 13.8 Å². The van der Waals surface area contributed by atoms with Crippen LogP contribution in [-0.2, 0) is 9.59 Å². The van der Waals surface area contributed by atoms with Gasteiger partial charge in [0.1, 0.15) is 6.54 Å². The van der Waals surface area contributed by atoms with Crippen molar-refractivity contribution in [3.05, 3.63) is 29.8 Å². The van der Waals surface area contributed by atoms with E-state index in [0.29, 0.717) is 4.90 Å². The number of carboxylic acid groups (broad SMARTS) is 1. The molecule has 1 amide bonds. The highest BCUT2D eigenvalue weighted by atomic mass is 32.2. The van der Waals surface area contributed by atoms with Gasteiger partial charge >= 0.3 is 5.97 Å². The average molecular weight is 303 g/mol. The molecule has 0 atom stereocenters. The van der Waals surface area contributed by atoms with Crippen molar-refractivity contribution in [3.63, 3.8) is 0 Å². The number of carboxylic acids is 1. The number of nitrogens with zero attached hydrogens (tertiary/aromatic N) is 1. The van der Waals surface area contributed by atoms with E-state index in [1.165, 1.54) is 11.0 Å². The van der Waals surface area contributed by atoms with E-state index in [9.17, 15) is 18.4 Å². The van der Waals surface area contributed by atoms with Gasteiger partial charge in [-0.25, -0.2) is 8.78 Å². The third-order valence-corrected chi connectivity index (χ3v) is 3.48. The Kier molecular flexibility index (Phi) is 5.94. The van der Waals surface area contributed by atoms with Crippen LogP contribution in [-0.4, -0.2) is 40.2 Å². The molecule has 7 heteroatoms. The average Bonchev–Trinajstić information content (AvgIpc) is 2.36. The Morgan fingerprint density at radius 1 is 1.30 bits per heavy atom. The van der Waals surface area contributed by atoms with Crippen LogP contribution in [0.3, 0.4) is 0 Å². The normalized spacial score (nSPS) is 10.7. The Morgan fingerprint density at radius 2 is 1.95 bits per heavy atom. The standard InChI is InChI=1S/C13H15F2NO3S/c1-8(2)16(6-13(18)19)12(17)7-20-9-3-4-10(14)11(15)5-9/h3-5,8H,6-7H2,1-2H3,(H,18,19). The van der Waals surface area contributed by atoms with Gasteiger partial charge in [-0.05, 0) is 32.0 Å². The fourth-order valence-corrected chi connectivity index (χ4v) is 2.31. The summed E-state index contributed by atoms with van der Waals surface area (Å²) < 4.78 is 25.8. The summed E-state index contributed by atoms with van der Waals surface area (Å²) in [5.41, 5.74) is 0. The molecule has 0 aromatic heterocycles. The quantitative estimate of drug-likeness (QED) is 0.820. The van der Waals surface area contributed by atoms with E-state index < -0.39 is 17.6 Å². The topological polar surface area (TPSA) is 57.6 Å². The maximum atomic E-state index is 13.0. The summed E-state index contributed by atoms with van der Waals surface area (Å²) in [4.78, 5) is 24.2. The molecule has 1 aromatic rings. The molecule has 0 saturated carbocycles. The molecule has 0 bridgehead atoms. The molecular formula is C13H15F2NO3S. The summed E-state index contributed by atoms with van der Waals surface area (Å²) in [6.07, 6.45) is 0. The fourth-order valence-electron chi connectivity index (χ4n) is 1.50. The van der Waals surface area contributed by atoms with Crippen LogP contribution in [0.1, 0.15) is 13.8 Å². The zero-order chi connectivity index (χ0) is 15.3. The van der Waals surface area contributed by atoms with Gasteiger partial charge in [0, 0.05) is 10.9 Å². The number of halogens is 2. The molecule has 0 saturated heterocycles. The third-order valence-electron chi connectivity index (χ3n) is 2.50. The lowest BCUT2D eigenvalue weighted by Gasteiger charge is -2.24. The number of hydrogen-bond donors (Lipinski definition) is 1. The van der Waals surface area contributed by atoms with Crippen LogP contribution in [0.5, 0.6) is 0 Å². The van der Waals surface area contributed by atoms with Crippen molar-refractivity contribution < 1.29 is 23.5 Å². The first kappa shape index (κ1) is 16.4. The number of amides is 1. The third kappa shape index (κ3) is 4.80. The summed E-state index contributed by atoms with van der Waals surface area (Å²) in [5.74, 6) is -3.41. The summed E-state index contributed by atoms with van der Waals surface area (Å²) >= 11 is 1.03. The lowest BCUT2D eigenvalue weighted by atomic mass is 10.3. The number of carbonyl (C=O) groups is 2. The van der Waals surface area contributed by atoms with E-state index >= 15 is 0 Å². The van der Waals surface area contributed by atoms with Gasteiger partial charge in [-0.2, -0.15) is 0 Å². The molecule has 0 radical (unpaired) electrons. The molecule has 0 unspecified atom stereocenters. The second-order valence-corrected chi connectivity index (χ2v) is 5.42. The first-order valence-electron chi connectivity index (χ1n) is 5.90. The second-order valence-electron chi connectivity index (χ2n) is 4.37. The molecular weight excluding hydrogens is 288 g/mol. The number of carbonyl (C=O) groups excluding carboxylic acids is 1. The predicted molar refractivity (Wildman–Crippen MR) is 71.6 cm³/mol. The summed E-state index contributed by atoms with van der Waals surface area (Å²) in [5, 5.41) is 8.74. The lowest BCUT2D eigenvalue weighted by molar-refractivity contribution is -0.144. The first-order chi connectivity index (χ1) is 9.31. The number of thioether (sulfide) groups is 1. The Hall–Kier alpha value is -1.63. The maximum absolute atomic E-state index is 13.0. The number of benzene rings is 1. The molecule has 110 valence electrons. The fraction of sp³-hybridized carbons (Fsp3) is 0.385. The summed E-state index contributed by atoms with van der Waals surface area (Å²) in [7, 11) is 0. The van der Waals surface area contributed by atoms with Crippen molar-refractivity contribution in [3.8, 4) is 0 Å². The molecule has 0 aliphatic carbocycles. The van der Waals surface area contributed by atoms with Gasteiger partial charge in [0.15, 0.2) is 11.6 Å². The first-order valence-corrected chi connectivity index (χ1v) is 6.89. The lowest BCUT2D eigenvalue weighted by Crippen LogP contribution is -2.41. The molecule has 0 fully saturated rings. The molecule has 1 aromatic carbocycles. The van der Waals surface area contributed by atoms with Crippen LogP contribution in [0.4, 0.5) is 8.78 Å². The maximum Gasteiger partial charge on any atom is 0.323 e. The summed E-state index contributed by atoms with van der Waals surface area (Å²) in [6.45, 7) is 3.04. The number of rotatable bonds is 6. The van der Waals surface area contributed by atoms with E-state index in [0.717, 1.165) is 23.9 Å². The van der Waals surface area contributed by atoms with E-state index in [-0.39, 0.29) is 24.2 Å². The van der Waals surface area contributed by atoms with Crippen molar-refractivity contribution in [2.75, 3.05) is 12.3 Å². The predicted octanol–water partition coefficient (Wildman–Crippen LogP) is 2.38. The van der Waals surface area contributed by atoms with Crippen LogP contribution < -0.4 is 0 Å². The van der Waals surface area contributed by atoms with Gasteiger partial charge < -0.3 is 10.0 Å². The van der Waals surface area contributed by atoms with Crippen molar-refractivity contribution in [2.24, 2.45) is 0 Å². The van der Waals surface area contributed by atoms with Gasteiger partial charge in [0.25, 0.3) is 0 Å². The molecule has 0 aliphatic rings. The minimum absolute atomic E-state index is 0.0312. The SMILES string of the molecule is CC(C)N(CC(=O)O)C(=O)CSc1ccc(F)c(F)c1. The smallest absolute Gasteiger partial charge is 0.323 e. The van der Waals surface area contributed by atoms with Gasteiger partial charge in [-0.15, -0.1) is 11.8 Å².